The van der Waals surface area contributed by atoms with Gasteiger partial charge in [0.1, 0.15) is 0 Å². The molecule has 0 aliphatic carbocycles. The number of nitrogens with zero attached hydrogens (tertiary/aromatic N) is 2. The third-order valence-corrected chi connectivity index (χ3v) is 5.05. The van der Waals surface area contributed by atoms with Crippen LogP contribution in [0.1, 0.15) is 64.8 Å². The molecule has 0 saturated carbocycles. The van der Waals surface area contributed by atoms with Gasteiger partial charge in [-0.3, -0.25) is 19.3 Å². The molecule has 1 saturated heterocycles. The maximum absolute atomic E-state index is 12.5. The van der Waals surface area contributed by atoms with Gasteiger partial charge in [0.25, 0.3) is 0 Å². The van der Waals surface area contributed by atoms with Gasteiger partial charge in [-0.25, -0.2) is 4.79 Å². The van der Waals surface area contributed by atoms with Crippen LogP contribution < -0.4 is 4.90 Å². The molecule has 1 aromatic carbocycles. The van der Waals surface area contributed by atoms with E-state index in [4.69, 9.17) is 4.74 Å². The standard InChI is InChI=1S/C22H24N2O5/c1-13(2)23-14(3)11-18(15(23)4)19(25)12-29-22(28)16-5-7-17(8-6-16)24-20(26)9-10-21(24)27/h5-8,11,13H,9-10,12H2,1-4H3. The molecule has 0 radical (unpaired) electrons. The number of esters is 1. The minimum Gasteiger partial charge on any atom is -0.454 e. The number of rotatable bonds is 6. The molecule has 7 heteroatoms. The Kier molecular flexibility index (Phi) is 5.68. The summed E-state index contributed by atoms with van der Waals surface area (Å²) in [5.41, 5.74) is 3.04. The average Bonchev–Trinajstić information content (AvgIpc) is 3.17. The van der Waals surface area contributed by atoms with Gasteiger partial charge in [-0.1, -0.05) is 0 Å². The third-order valence-electron chi connectivity index (χ3n) is 5.05. The first kappa shape index (κ1) is 20.5. The molecule has 2 amide bonds. The zero-order chi connectivity index (χ0) is 21.3. The maximum Gasteiger partial charge on any atom is 0.338 e. The van der Waals surface area contributed by atoms with Gasteiger partial charge in [0.2, 0.25) is 17.6 Å². The van der Waals surface area contributed by atoms with E-state index in [-0.39, 0.29) is 48.7 Å². The summed E-state index contributed by atoms with van der Waals surface area (Å²) in [6, 6.07) is 8.04. The van der Waals surface area contributed by atoms with Crippen molar-refractivity contribution >= 4 is 29.3 Å². The van der Waals surface area contributed by atoms with Crippen molar-refractivity contribution in [3.05, 3.63) is 52.8 Å². The summed E-state index contributed by atoms with van der Waals surface area (Å²) in [5.74, 6) is -1.41. The van der Waals surface area contributed by atoms with E-state index in [0.717, 1.165) is 16.3 Å². The maximum atomic E-state index is 12.5. The van der Waals surface area contributed by atoms with Crippen LogP contribution in [0.5, 0.6) is 0 Å². The number of aryl methyl sites for hydroxylation is 1. The molecule has 1 aliphatic rings. The van der Waals surface area contributed by atoms with Crippen molar-refractivity contribution in [3.8, 4) is 0 Å². The van der Waals surface area contributed by atoms with E-state index in [9.17, 15) is 19.2 Å². The molecule has 3 rings (SSSR count). The molecule has 2 heterocycles. The minimum absolute atomic E-state index is 0.197. The lowest BCUT2D eigenvalue weighted by Crippen LogP contribution is -2.28. The van der Waals surface area contributed by atoms with Gasteiger partial charge in [-0.05, 0) is 58.0 Å². The lowest BCUT2D eigenvalue weighted by Gasteiger charge is -2.14. The number of aromatic nitrogens is 1. The van der Waals surface area contributed by atoms with Crippen LogP contribution in [0.25, 0.3) is 0 Å². The van der Waals surface area contributed by atoms with Crippen molar-refractivity contribution in [1.82, 2.24) is 4.57 Å². The summed E-state index contributed by atoms with van der Waals surface area (Å²) in [6.07, 6.45) is 0.393. The van der Waals surface area contributed by atoms with Crippen LogP contribution in [0.3, 0.4) is 0 Å². The van der Waals surface area contributed by atoms with Crippen molar-refractivity contribution in [3.63, 3.8) is 0 Å². The Balaban J connectivity index is 1.65. The van der Waals surface area contributed by atoms with Gasteiger partial charge >= 0.3 is 5.97 Å². The molecule has 7 nitrogen and oxygen atoms in total. The largest absolute Gasteiger partial charge is 0.454 e. The second-order valence-corrected chi connectivity index (χ2v) is 7.42. The highest BCUT2D eigenvalue weighted by atomic mass is 16.5. The normalized spacial score (nSPS) is 14.0. The van der Waals surface area contributed by atoms with E-state index >= 15 is 0 Å². The smallest absolute Gasteiger partial charge is 0.338 e. The molecular formula is C22H24N2O5. The molecule has 1 fully saturated rings. The van der Waals surface area contributed by atoms with Crippen LogP contribution in [0.15, 0.2) is 30.3 Å². The Morgan fingerprint density at radius 3 is 2.14 bits per heavy atom. The number of amides is 2. The summed E-state index contributed by atoms with van der Waals surface area (Å²) in [4.78, 5) is 49.5. The highest BCUT2D eigenvalue weighted by molar-refractivity contribution is 6.19. The molecule has 1 aliphatic heterocycles. The second-order valence-electron chi connectivity index (χ2n) is 7.42. The number of carbonyl (C=O) groups excluding carboxylic acids is 4. The predicted octanol–water partition coefficient (Wildman–Crippen LogP) is 3.38. The monoisotopic (exact) mass is 396 g/mol. The quantitative estimate of drug-likeness (QED) is 0.424. The fourth-order valence-corrected chi connectivity index (χ4v) is 3.76. The third kappa shape index (κ3) is 3.99. The molecule has 29 heavy (non-hydrogen) atoms. The predicted molar refractivity (Wildman–Crippen MR) is 107 cm³/mol. The summed E-state index contributed by atoms with van der Waals surface area (Å²) < 4.78 is 7.24. The highest BCUT2D eigenvalue weighted by Gasteiger charge is 2.30. The summed E-state index contributed by atoms with van der Waals surface area (Å²) in [5, 5.41) is 0. The average molecular weight is 396 g/mol. The molecule has 0 spiro atoms. The molecule has 2 aromatic rings. The summed E-state index contributed by atoms with van der Waals surface area (Å²) in [6.45, 7) is 7.55. The minimum atomic E-state index is -0.637. The van der Waals surface area contributed by atoms with Crippen molar-refractivity contribution in [2.45, 2.75) is 46.6 Å². The van der Waals surface area contributed by atoms with Crippen LogP contribution >= 0.6 is 0 Å². The first-order valence-corrected chi connectivity index (χ1v) is 9.55. The van der Waals surface area contributed by atoms with E-state index in [1.165, 1.54) is 24.3 Å². The van der Waals surface area contributed by atoms with Crippen molar-refractivity contribution in [2.75, 3.05) is 11.5 Å². The SMILES string of the molecule is Cc1cc(C(=O)COC(=O)c2ccc(N3C(=O)CCC3=O)cc2)c(C)n1C(C)C. The Morgan fingerprint density at radius 2 is 1.62 bits per heavy atom. The number of imide groups is 1. The first-order valence-electron chi connectivity index (χ1n) is 9.55. The van der Waals surface area contributed by atoms with E-state index in [2.05, 4.69) is 4.57 Å². The van der Waals surface area contributed by atoms with E-state index in [1.54, 1.807) is 0 Å². The Bertz CT molecular complexity index is 969. The van der Waals surface area contributed by atoms with E-state index < -0.39 is 5.97 Å². The zero-order valence-corrected chi connectivity index (χ0v) is 17.0. The number of hydrogen-bond donors (Lipinski definition) is 0. The second kappa shape index (κ2) is 8.03. The Labute approximate surface area is 169 Å². The number of hydrogen-bond acceptors (Lipinski definition) is 5. The van der Waals surface area contributed by atoms with Gasteiger partial charge in [-0.2, -0.15) is 0 Å². The Hall–Kier alpha value is -3.22. The lowest BCUT2D eigenvalue weighted by molar-refractivity contribution is -0.121. The first-order chi connectivity index (χ1) is 13.7. The summed E-state index contributed by atoms with van der Waals surface area (Å²) >= 11 is 0. The Morgan fingerprint density at radius 1 is 1.03 bits per heavy atom. The van der Waals surface area contributed by atoms with Crippen molar-refractivity contribution in [1.29, 1.82) is 0 Å². The van der Waals surface area contributed by atoms with Crippen LogP contribution in [-0.2, 0) is 14.3 Å². The molecule has 0 N–H and O–H groups in total. The van der Waals surface area contributed by atoms with Gasteiger partial charge in [0.15, 0.2) is 6.61 Å². The van der Waals surface area contributed by atoms with E-state index in [0.29, 0.717) is 11.3 Å². The molecule has 0 bridgehead atoms. The van der Waals surface area contributed by atoms with E-state index in [1.807, 2.05) is 33.8 Å². The van der Waals surface area contributed by atoms with Gasteiger partial charge in [0.05, 0.1) is 11.3 Å². The fourth-order valence-electron chi connectivity index (χ4n) is 3.76. The zero-order valence-electron chi connectivity index (χ0n) is 17.0. The van der Waals surface area contributed by atoms with Crippen LogP contribution in [-0.4, -0.2) is 34.7 Å². The molecule has 1 aromatic heterocycles. The highest BCUT2D eigenvalue weighted by Crippen LogP contribution is 2.23. The van der Waals surface area contributed by atoms with Gasteiger partial charge in [0, 0.05) is 35.8 Å². The molecular weight excluding hydrogens is 372 g/mol. The van der Waals surface area contributed by atoms with Crippen LogP contribution in [0, 0.1) is 13.8 Å². The summed E-state index contributed by atoms with van der Waals surface area (Å²) in [7, 11) is 0. The van der Waals surface area contributed by atoms with Crippen molar-refractivity contribution < 1.29 is 23.9 Å². The molecule has 0 unspecified atom stereocenters. The van der Waals surface area contributed by atoms with Gasteiger partial charge in [-0.15, -0.1) is 0 Å². The number of Topliss-reactive ketones (excluding diaryl/α,β-unsaturated/α-hetero) is 1. The van der Waals surface area contributed by atoms with Gasteiger partial charge < -0.3 is 9.30 Å². The number of carbonyl (C=O) groups is 4. The number of ether oxygens (including phenoxy) is 1. The number of benzene rings is 1. The lowest BCUT2D eigenvalue weighted by atomic mass is 10.1. The topological polar surface area (TPSA) is 85.7 Å². The number of anilines is 1. The fraction of sp³-hybridized carbons (Fsp3) is 0.364. The van der Waals surface area contributed by atoms with Crippen LogP contribution in [0.2, 0.25) is 0 Å². The molecule has 0 atom stereocenters. The molecule has 152 valence electrons. The van der Waals surface area contributed by atoms with Crippen molar-refractivity contribution in [2.24, 2.45) is 0 Å². The van der Waals surface area contributed by atoms with Crippen LogP contribution in [0.4, 0.5) is 5.69 Å². The number of ketones is 1.